The Morgan fingerprint density at radius 1 is 1.16 bits per heavy atom. The molecule has 134 valence electrons. The van der Waals surface area contributed by atoms with Crippen LogP contribution in [0.4, 0.5) is 0 Å². The summed E-state index contributed by atoms with van der Waals surface area (Å²) in [4.78, 5) is 12.4. The van der Waals surface area contributed by atoms with Crippen LogP contribution in [0.3, 0.4) is 0 Å². The number of hydrogen-bond acceptors (Lipinski definition) is 4. The van der Waals surface area contributed by atoms with Gasteiger partial charge >= 0.3 is 0 Å². The van der Waals surface area contributed by atoms with E-state index in [1.165, 1.54) is 11.1 Å². The van der Waals surface area contributed by atoms with Gasteiger partial charge in [-0.25, -0.2) is 0 Å². The van der Waals surface area contributed by atoms with E-state index in [-0.39, 0.29) is 24.4 Å². The van der Waals surface area contributed by atoms with Gasteiger partial charge in [-0.2, -0.15) is 0 Å². The third-order valence-corrected chi connectivity index (χ3v) is 4.33. The van der Waals surface area contributed by atoms with Crippen molar-refractivity contribution in [1.29, 1.82) is 0 Å². The number of methoxy groups -OCH3 is 2. The van der Waals surface area contributed by atoms with Crippen LogP contribution in [0, 0.1) is 0 Å². The molecule has 1 amide bonds. The van der Waals surface area contributed by atoms with Gasteiger partial charge in [-0.3, -0.25) is 4.79 Å². The highest BCUT2D eigenvalue weighted by molar-refractivity contribution is 5.94. The van der Waals surface area contributed by atoms with Crippen LogP contribution >= 0.6 is 12.4 Å². The zero-order chi connectivity index (χ0) is 16.9. The molecule has 0 bridgehead atoms. The van der Waals surface area contributed by atoms with Crippen LogP contribution in [-0.2, 0) is 6.42 Å². The van der Waals surface area contributed by atoms with Crippen molar-refractivity contribution < 1.29 is 14.3 Å². The monoisotopic (exact) mass is 362 g/mol. The molecule has 0 radical (unpaired) electrons. The third kappa shape index (κ3) is 4.24. The van der Waals surface area contributed by atoms with Crippen LogP contribution in [0.1, 0.15) is 27.5 Å². The van der Waals surface area contributed by atoms with E-state index in [0.717, 1.165) is 13.0 Å². The van der Waals surface area contributed by atoms with E-state index in [1.54, 1.807) is 32.4 Å². The van der Waals surface area contributed by atoms with Crippen molar-refractivity contribution in [2.45, 2.75) is 12.5 Å². The van der Waals surface area contributed by atoms with E-state index in [9.17, 15) is 4.79 Å². The molecule has 2 N–H and O–H groups in total. The van der Waals surface area contributed by atoms with Gasteiger partial charge in [0, 0.05) is 18.2 Å². The van der Waals surface area contributed by atoms with E-state index in [1.807, 2.05) is 6.07 Å². The second-order valence-electron chi connectivity index (χ2n) is 5.74. The van der Waals surface area contributed by atoms with Crippen LogP contribution in [0.2, 0.25) is 0 Å². The minimum absolute atomic E-state index is 0. The molecule has 1 aliphatic rings. The molecule has 1 unspecified atom stereocenters. The summed E-state index contributed by atoms with van der Waals surface area (Å²) in [6.45, 7) is 1.47. The lowest BCUT2D eigenvalue weighted by Crippen LogP contribution is -2.38. The van der Waals surface area contributed by atoms with E-state index in [0.29, 0.717) is 23.6 Å². The fourth-order valence-corrected chi connectivity index (χ4v) is 3.05. The van der Waals surface area contributed by atoms with Crippen LogP contribution in [0.5, 0.6) is 11.5 Å². The molecule has 0 aliphatic carbocycles. The van der Waals surface area contributed by atoms with Crippen molar-refractivity contribution in [1.82, 2.24) is 10.6 Å². The third-order valence-electron chi connectivity index (χ3n) is 4.33. The number of rotatable bonds is 5. The Balaban J connectivity index is 0.00000225. The normalized spacial score (nSPS) is 15.5. The molecular weight excluding hydrogens is 340 g/mol. The van der Waals surface area contributed by atoms with E-state index in [2.05, 4.69) is 28.8 Å². The smallest absolute Gasteiger partial charge is 0.251 e. The molecule has 0 saturated heterocycles. The van der Waals surface area contributed by atoms with Crippen molar-refractivity contribution in [2.24, 2.45) is 0 Å². The highest BCUT2D eigenvalue weighted by Gasteiger charge is 2.20. The number of halogens is 1. The fraction of sp³-hybridized carbons (Fsp3) is 0.316. The Hall–Kier alpha value is -2.24. The van der Waals surface area contributed by atoms with Gasteiger partial charge in [-0.15, -0.1) is 12.4 Å². The van der Waals surface area contributed by atoms with Crippen LogP contribution in [0.25, 0.3) is 0 Å². The number of fused-ring (bicyclic) bond motifs is 1. The van der Waals surface area contributed by atoms with Crippen LogP contribution < -0.4 is 20.1 Å². The minimum atomic E-state index is -0.124. The van der Waals surface area contributed by atoms with Crippen molar-refractivity contribution in [3.8, 4) is 11.5 Å². The molecule has 1 heterocycles. The topological polar surface area (TPSA) is 59.6 Å². The first-order valence-corrected chi connectivity index (χ1v) is 8.04. The van der Waals surface area contributed by atoms with Gasteiger partial charge in [0.05, 0.1) is 14.2 Å². The Morgan fingerprint density at radius 3 is 2.68 bits per heavy atom. The molecule has 1 aliphatic heterocycles. The first-order chi connectivity index (χ1) is 11.7. The lowest BCUT2D eigenvalue weighted by Gasteiger charge is -2.27. The number of carbonyl (C=O) groups is 1. The second-order valence-corrected chi connectivity index (χ2v) is 5.74. The number of hydrogen-bond donors (Lipinski definition) is 2. The number of benzene rings is 2. The fourth-order valence-electron chi connectivity index (χ4n) is 3.05. The van der Waals surface area contributed by atoms with Gasteiger partial charge in [0.1, 0.15) is 0 Å². The highest BCUT2D eigenvalue weighted by atomic mass is 35.5. The van der Waals surface area contributed by atoms with Crippen molar-refractivity contribution >= 4 is 18.3 Å². The summed E-state index contributed by atoms with van der Waals surface area (Å²) in [5, 5.41) is 6.46. The van der Waals surface area contributed by atoms with Gasteiger partial charge in [-0.1, -0.05) is 24.3 Å². The van der Waals surface area contributed by atoms with Crippen LogP contribution in [0.15, 0.2) is 42.5 Å². The number of amides is 1. The summed E-state index contributed by atoms with van der Waals surface area (Å²) >= 11 is 0. The largest absolute Gasteiger partial charge is 0.493 e. The molecule has 5 nitrogen and oxygen atoms in total. The maximum Gasteiger partial charge on any atom is 0.251 e. The SMILES string of the molecule is COc1ccc(C(=O)NCC2NCCc3ccccc32)cc1OC.Cl. The van der Waals surface area contributed by atoms with Gasteiger partial charge < -0.3 is 20.1 Å². The van der Waals surface area contributed by atoms with Crippen LogP contribution in [-0.4, -0.2) is 33.2 Å². The highest BCUT2D eigenvalue weighted by Crippen LogP contribution is 2.27. The number of ether oxygens (including phenoxy) is 2. The first-order valence-electron chi connectivity index (χ1n) is 8.04. The summed E-state index contributed by atoms with van der Waals surface area (Å²) in [5.74, 6) is 1.03. The molecule has 0 spiro atoms. The van der Waals surface area contributed by atoms with Gasteiger partial charge in [-0.05, 0) is 42.3 Å². The zero-order valence-corrected chi connectivity index (χ0v) is 15.2. The lowest BCUT2D eigenvalue weighted by molar-refractivity contribution is 0.0948. The average Bonchev–Trinajstić information content (AvgIpc) is 2.65. The maximum atomic E-state index is 12.4. The number of nitrogens with one attached hydrogen (secondary N) is 2. The van der Waals surface area contributed by atoms with Crippen molar-refractivity contribution in [2.75, 3.05) is 27.3 Å². The Morgan fingerprint density at radius 2 is 1.92 bits per heavy atom. The molecule has 2 aromatic rings. The molecule has 2 aromatic carbocycles. The first kappa shape index (κ1) is 19.1. The van der Waals surface area contributed by atoms with Gasteiger partial charge in [0.15, 0.2) is 11.5 Å². The standard InChI is InChI=1S/C19H22N2O3.ClH/c1-23-17-8-7-14(11-18(17)24-2)19(22)21-12-16-15-6-4-3-5-13(15)9-10-20-16;/h3-8,11,16,20H,9-10,12H2,1-2H3,(H,21,22);1H. The number of carbonyl (C=O) groups excluding carboxylic acids is 1. The van der Waals surface area contributed by atoms with E-state index >= 15 is 0 Å². The average molecular weight is 363 g/mol. The van der Waals surface area contributed by atoms with Gasteiger partial charge in [0.25, 0.3) is 5.91 Å². The van der Waals surface area contributed by atoms with Crippen molar-refractivity contribution in [3.63, 3.8) is 0 Å². The molecule has 0 fully saturated rings. The Kier molecular flexibility index (Phi) is 6.67. The van der Waals surface area contributed by atoms with E-state index in [4.69, 9.17) is 9.47 Å². The minimum Gasteiger partial charge on any atom is -0.493 e. The lowest BCUT2D eigenvalue weighted by atomic mass is 9.94. The second kappa shape index (κ2) is 8.74. The summed E-state index contributed by atoms with van der Waals surface area (Å²) in [6.07, 6.45) is 1.02. The predicted octanol–water partition coefficient (Wildman–Crippen LogP) is 2.74. The molecule has 6 heteroatoms. The molecule has 0 saturated carbocycles. The zero-order valence-electron chi connectivity index (χ0n) is 14.4. The molecule has 25 heavy (non-hydrogen) atoms. The van der Waals surface area contributed by atoms with E-state index < -0.39 is 0 Å². The van der Waals surface area contributed by atoms with Crippen molar-refractivity contribution in [3.05, 3.63) is 59.2 Å². The summed E-state index contributed by atoms with van der Waals surface area (Å²) in [6, 6.07) is 13.7. The summed E-state index contributed by atoms with van der Waals surface area (Å²) in [7, 11) is 3.13. The van der Waals surface area contributed by atoms with Gasteiger partial charge in [0.2, 0.25) is 0 Å². The predicted molar refractivity (Wildman–Crippen MR) is 100 cm³/mol. The maximum absolute atomic E-state index is 12.4. The quantitative estimate of drug-likeness (QED) is 0.858. The Labute approximate surface area is 154 Å². The molecular formula is C19H23ClN2O3. The molecule has 0 aromatic heterocycles. The summed E-state index contributed by atoms with van der Waals surface area (Å²) < 4.78 is 10.4. The summed E-state index contributed by atoms with van der Waals surface area (Å²) in [5.41, 5.74) is 3.16. The molecule has 3 rings (SSSR count). The molecule has 1 atom stereocenters. The Bertz CT molecular complexity index is 736.